The molecule has 2 amide bonds. The molecule has 0 aliphatic heterocycles. The predicted octanol–water partition coefficient (Wildman–Crippen LogP) is 3.59. The highest BCUT2D eigenvalue weighted by Crippen LogP contribution is 2.25. The van der Waals surface area contributed by atoms with Crippen LogP contribution in [0.1, 0.15) is 32.8 Å². The van der Waals surface area contributed by atoms with Crippen LogP contribution in [0.2, 0.25) is 5.02 Å². The Morgan fingerprint density at radius 2 is 1.77 bits per heavy atom. The fraction of sp³-hybridized carbons (Fsp3) is 0.417. The number of carbonyl (C=O) groups is 2. The lowest BCUT2D eigenvalue weighted by atomic mass is 10.1. The molecule has 8 nitrogen and oxygen atoms in total. The largest absolute Gasteiger partial charge is 0.497 e. The van der Waals surface area contributed by atoms with Crippen LogP contribution < -0.4 is 14.4 Å². The van der Waals surface area contributed by atoms with Gasteiger partial charge >= 0.3 is 0 Å². The normalized spacial score (nSPS) is 13.0. The molecule has 11 heteroatoms. The molecule has 0 saturated heterocycles. The SMILES string of the molecule is CC[C@H](C)NC(=O)[C@@H](C)N(Cc1ccc(OC)cc1)C(=O)CN(c1ccc(F)c(Cl)c1)S(C)(=O)=O. The lowest BCUT2D eigenvalue weighted by molar-refractivity contribution is -0.139. The first-order chi connectivity index (χ1) is 16.4. The average molecular weight is 528 g/mol. The van der Waals surface area contributed by atoms with Crippen LogP contribution in [0.4, 0.5) is 10.1 Å². The van der Waals surface area contributed by atoms with Gasteiger partial charge in [0.05, 0.1) is 24.1 Å². The molecule has 0 bridgehead atoms. The maximum Gasteiger partial charge on any atom is 0.244 e. The second-order valence-electron chi connectivity index (χ2n) is 8.23. The van der Waals surface area contributed by atoms with E-state index in [0.29, 0.717) is 12.2 Å². The standard InChI is InChI=1S/C24H31ClFN3O5S/c1-6-16(2)27-24(31)17(3)28(14-18-7-10-20(34-4)11-8-18)23(30)15-29(35(5,32)33)19-9-12-22(26)21(25)13-19/h7-13,16-17H,6,14-15H2,1-5H3,(H,27,31)/t16-,17+/m0/s1. The number of benzene rings is 2. The van der Waals surface area contributed by atoms with Crippen molar-refractivity contribution >= 4 is 39.1 Å². The Morgan fingerprint density at radius 3 is 2.29 bits per heavy atom. The van der Waals surface area contributed by atoms with Crippen LogP contribution in [0, 0.1) is 5.82 Å². The van der Waals surface area contributed by atoms with Gasteiger partial charge in [-0.1, -0.05) is 30.7 Å². The number of amides is 2. The van der Waals surface area contributed by atoms with Gasteiger partial charge in [-0.3, -0.25) is 13.9 Å². The molecule has 0 aliphatic rings. The Kier molecular flexibility index (Phi) is 9.91. The van der Waals surface area contributed by atoms with Gasteiger partial charge in [-0.15, -0.1) is 0 Å². The lowest BCUT2D eigenvalue weighted by Gasteiger charge is -2.32. The third-order valence-corrected chi connectivity index (χ3v) is 6.98. The first-order valence-electron chi connectivity index (χ1n) is 11.0. The number of nitrogens with one attached hydrogen (secondary N) is 1. The van der Waals surface area contributed by atoms with Crippen molar-refractivity contribution in [2.45, 2.75) is 45.8 Å². The molecule has 0 radical (unpaired) electrons. The smallest absolute Gasteiger partial charge is 0.244 e. The molecule has 0 aliphatic carbocycles. The molecule has 2 aromatic carbocycles. The molecule has 0 spiro atoms. The van der Waals surface area contributed by atoms with E-state index < -0.39 is 34.3 Å². The van der Waals surface area contributed by atoms with E-state index in [1.54, 1.807) is 31.2 Å². The number of sulfonamides is 1. The Labute approximate surface area is 211 Å². The molecule has 192 valence electrons. The second-order valence-corrected chi connectivity index (χ2v) is 10.5. The zero-order valence-electron chi connectivity index (χ0n) is 20.4. The van der Waals surface area contributed by atoms with Gasteiger partial charge in [0.2, 0.25) is 21.8 Å². The summed E-state index contributed by atoms with van der Waals surface area (Å²) in [6.07, 6.45) is 1.64. The minimum absolute atomic E-state index is 0.0355. The topological polar surface area (TPSA) is 96.0 Å². The van der Waals surface area contributed by atoms with Crippen molar-refractivity contribution < 1.29 is 27.1 Å². The maximum absolute atomic E-state index is 13.6. The van der Waals surface area contributed by atoms with Gasteiger partial charge in [-0.2, -0.15) is 0 Å². The molecule has 0 fully saturated rings. The highest BCUT2D eigenvalue weighted by molar-refractivity contribution is 7.92. The van der Waals surface area contributed by atoms with E-state index in [1.165, 1.54) is 18.1 Å². The first kappa shape index (κ1) is 28.4. The number of ether oxygens (including phenoxy) is 1. The van der Waals surface area contributed by atoms with Crippen molar-refractivity contribution in [2.24, 2.45) is 0 Å². The van der Waals surface area contributed by atoms with E-state index in [4.69, 9.17) is 16.3 Å². The lowest BCUT2D eigenvalue weighted by Crippen LogP contribution is -2.52. The monoisotopic (exact) mass is 527 g/mol. The summed E-state index contributed by atoms with van der Waals surface area (Å²) in [5, 5.41) is 2.58. The molecule has 2 rings (SSSR count). The molecule has 0 saturated carbocycles. The quantitative estimate of drug-likeness (QED) is 0.482. The van der Waals surface area contributed by atoms with Crippen molar-refractivity contribution in [2.75, 3.05) is 24.2 Å². The molecule has 0 aromatic heterocycles. The summed E-state index contributed by atoms with van der Waals surface area (Å²) in [6, 6.07) is 9.36. The van der Waals surface area contributed by atoms with Gasteiger partial charge in [-0.05, 0) is 56.2 Å². The zero-order valence-corrected chi connectivity index (χ0v) is 22.0. The van der Waals surface area contributed by atoms with Crippen LogP contribution in [0.5, 0.6) is 5.75 Å². The van der Waals surface area contributed by atoms with E-state index >= 15 is 0 Å². The molecule has 2 atom stereocenters. The van der Waals surface area contributed by atoms with Gasteiger partial charge in [0.1, 0.15) is 24.2 Å². The van der Waals surface area contributed by atoms with E-state index in [0.717, 1.165) is 28.3 Å². The van der Waals surface area contributed by atoms with E-state index in [2.05, 4.69) is 5.32 Å². The minimum Gasteiger partial charge on any atom is -0.497 e. The molecule has 1 N–H and O–H groups in total. The Hall–Kier alpha value is -2.85. The number of methoxy groups -OCH3 is 1. The Morgan fingerprint density at radius 1 is 1.14 bits per heavy atom. The fourth-order valence-electron chi connectivity index (χ4n) is 3.23. The number of anilines is 1. The summed E-state index contributed by atoms with van der Waals surface area (Å²) in [5.74, 6) is -1.06. The third-order valence-electron chi connectivity index (χ3n) is 5.55. The molecular weight excluding hydrogens is 497 g/mol. The van der Waals surface area contributed by atoms with E-state index in [-0.39, 0.29) is 29.2 Å². The Bertz CT molecular complexity index is 1140. The van der Waals surface area contributed by atoms with E-state index in [9.17, 15) is 22.4 Å². The van der Waals surface area contributed by atoms with Crippen molar-refractivity contribution in [3.8, 4) is 5.75 Å². The van der Waals surface area contributed by atoms with Crippen molar-refractivity contribution in [3.05, 3.63) is 58.9 Å². The van der Waals surface area contributed by atoms with Crippen LogP contribution in [0.3, 0.4) is 0 Å². The van der Waals surface area contributed by atoms with Gasteiger partial charge in [0.25, 0.3) is 0 Å². The zero-order chi connectivity index (χ0) is 26.3. The average Bonchev–Trinajstić information content (AvgIpc) is 2.81. The summed E-state index contributed by atoms with van der Waals surface area (Å²) in [6.45, 7) is 4.81. The van der Waals surface area contributed by atoms with Gasteiger partial charge in [0.15, 0.2) is 0 Å². The van der Waals surface area contributed by atoms with Gasteiger partial charge in [0, 0.05) is 12.6 Å². The van der Waals surface area contributed by atoms with Gasteiger partial charge < -0.3 is 15.0 Å². The first-order valence-corrected chi connectivity index (χ1v) is 13.3. The van der Waals surface area contributed by atoms with Crippen LogP contribution >= 0.6 is 11.6 Å². The van der Waals surface area contributed by atoms with Gasteiger partial charge in [-0.25, -0.2) is 12.8 Å². The summed E-state index contributed by atoms with van der Waals surface area (Å²) in [4.78, 5) is 27.6. The maximum atomic E-state index is 13.6. The predicted molar refractivity (Wildman–Crippen MR) is 135 cm³/mol. The fourth-order valence-corrected chi connectivity index (χ4v) is 4.25. The molecule has 35 heavy (non-hydrogen) atoms. The third kappa shape index (κ3) is 7.83. The summed E-state index contributed by atoms with van der Waals surface area (Å²) >= 11 is 5.84. The number of rotatable bonds is 11. The second kappa shape index (κ2) is 12.2. The number of halogens is 2. The molecule has 2 aromatic rings. The van der Waals surface area contributed by atoms with Crippen LogP contribution in [0.25, 0.3) is 0 Å². The number of hydrogen-bond donors (Lipinski definition) is 1. The number of nitrogens with zero attached hydrogens (tertiary/aromatic N) is 2. The van der Waals surface area contributed by atoms with Crippen molar-refractivity contribution in [1.82, 2.24) is 10.2 Å². The molecular formula is C24H31ClFN3O5S. The molecule has 0 unspecified atom stereocenters. The Balaban J connectivity index is 2.40. The highest BCUT2D eigenvalue weighted by atomic mass is 35.5. The summed E-state index contributed by atoms with van der Waals surface area (Å²) < 4.78 is 44.7. The highest BCUT2D eigenvalue weighted by Gasteiger charge is 2.30. The van der Waals surface area contributed by atoms with Crippen LogP contribution in [-0.4, -0.2) is 57.1 Å². The minimum atomic E-state index is -3.94. The number of hydrogen-bond acceptors (Lipinski definition) is 5. The van der Waals surface area contributed by atoms with Crippen LogP contribution in [-0.2, 0) is 26.2 Å². The molecule has 0 heterocycles. The number of carbonyl (C=O) groups excluding carboxylic acids is 2. The van der Waals surface area contributed by atoms with E-state index in [1.807, 2.05) is 13.8 Å². The summed E-state index contributed by atoms with van der Waals surface area (Å²) in [5.41, 5.74) is 0.756. The van der Waals surface area contributed by atoms with Crippen molar-refractivity contribution in [3.63, 3.8) is 0 Å². The van der Waals surface area contributed by atoms with Crippen LogP contribution in [0.15, 0.2) is 42.5 Å². The summed E-state index contributed by atoms with van der Waals surface area (Å²) in [7, 11) is -2.40. The van der Waals surface area contributed by atoms with Crippen molar-refractivity contribution in [1.29, 1.82) is 0 Å².